The second-order valence-corrected chi connectivity index (χ2v) is 28.7. The largest absolute Gasteiger partial charge is 0.309 e. The molecule has 0 fully saturated rings. The van der Waals surface area contributed by atoms with Crippen LogP contribution in [0.4, 0.5) is 0 Å². The highest BCUT2D eigenvalue weighted by atomic mass is 15.0. The first-order valence-corrected chi connectivity index (χ1v) is 37.9. The molecule has 0 aliphatic rings. The van der Waals surface area contributed by atoms with E-state index in [1.54, 1.807) is 0 Å². The van der Waals surface area contributed by atoms with E-state index in [0.29, 0.717) is 17.5 Å². The summed E-state index contributed by atoms with van der Waals surface area (Å²) in [5.74, 6) is 1.84. The van der Waals surface area contributed by atoms with Gasteiger partial charge in [0.15, 0.2) is 17.5 Å². The molecule has 4 aromatic heterocycles. The molecule has 0 radical (unpaired) electrons. The van der Waals surface area contributed by atoms with Gasteiger partial charge in [-0.2, -0.15) is 0 Å². The standard InChI is InChI=1S/C105H68N6/c1-7-23-69(24-8-1)76-35-19-39-80(59-76)84-45-53-97-91(63-84)92-64-85(81-40-20-36-77(60-81)70-25-9-2-10-26-70)46-54-98(92)110(97)89-51-57-101-95(67-89)96-68-90(52-58-102(96)109(101)88-49-43-75(44-50-88)105-107-103(73-31-15-5-16-32-73)106-104(108-105)74-33-17-6-18-34-74)111-99-55-47-86(82-41-21-37-78(61-82)71-27-11-3-12-28-71)65-93(99)94-66-87(48-56-100(94)111)83-42-22-38-79(62-83)72-29-13-4-14-30-72/h1-68H. The average molecular weight is 1410 g/mol. The second kappa shape index (κ2) is 27.2. The predicted molar refractivity (Wildman–Crippen MR) is 463 cm³/mol. The lowest BCUT2D eigenvalue weighted by Gasteiger charge is -2.12. The Morgan fingerprint density at radius 2 is 0.306 bits per heavy atom. The molecule has 0 spiro atoms. The molecule has 6 nitrogen and oxygen atoms in total. The molecule has 0 amide bonds. The summed E-state index contributed by atoms with van der Waals surface area (Å²) in [5, 5.41) is 6.93. The maximum Gasteiger partial charge on any atom is 0.164 e. The van der Waals surface area contributed by atoms with E-state index in [4.69, 9.17) is 15.0 Å². The highest BCUT2D eigenvalue weighted by Gasteiger charge is 2.23. The number of fused-ring (bicyclic) bond motifs is 9. The van der Waals surface area contributed by atoms with Gasteiger partial charge < -0.3 is 13.7 Å². The Morgan fingerprint density at radius 3 is 0.577 bits per heavy atom. The monoisotopic (exact) mass is 1410 g/mol. The highest BCUT2D eigenvalue weighted by molar-refractivity contribution is 6.16. The molecular formula is C105H68N6. The van der Waals surface area contributed by atoms with E-state index in [1.807, 2.05) is 36.4 Å². The van der Waals surface area contributed by atoms with Crippen molar-refractivity contribution in [2.45, 2.75) is 0 Å². The van der Waals surface area contributed by atoms with Crippen LogP contribution in [0.5, 0.6) is 0 Å². The molecule has 0 aliphatic heterocycles. The third kappa shape index (κ3) is 11.7. The van der Waals surface area contributed by atoms with Crippen molar-refractivity contribution in [3.8, 4) is 140 Å². The van der Waals surface area contributed by atoms with Crippen molar-refractivity contribution in [3.63, 3.8) is 0 Å². The van der Waals surface area contributed by atoms with Gasteiger partial charge in [0.25, 0.3) is 0 Å². The van der Waals surface area contributed by atoms with Crippen LogP contribution in [0.15, 0.2) is 413 Å². The predicted octanol–water partition coefficient (Wildman–Crippen LogP) is 27.5. The fourth-order valence-corrected chi connectivity index (χ4v) is 16.6. The van der Waals surface area contributed by atoms with Gasteiger partial charge in [-0.15, -0.1) is 0 Å². The number of hydrogen-bond donors (Lipinski definition) is 0. The van der Waals surface area contributed by atoms with E-state index < -0.39 is 0 Å². The van der Waals surface area contributed by atoms with E-state index in [-0.39, 0.29) is 0 Å². The first-order chi connectivity index (χ1) is 55.0. The summed E-state index contributed by atoms with van der Waals surface area (Å²) in [6.07, 6.45) is 0. The molecule has 0 atom stereocenters. The fraction of sp³-hybridized carbons (Fsp3) is 0. The molecular weight excluding hydrogens is 1350 g/mol. The third-order valence-corrected chi connectivity index (χ3v) is 22.1. The number of rotatable bonds is 14. The number of aromatic nitrogens is 6. The van der Waals surface area contributed by atoms with Gasteiger partial charge in [-0.05, 0) is 222 Å². The van der Waals surface area contributed by atoms with Crippen LogP contribution in [-0.2, 0) is 0 Å². The molecule has 0 saturated heterocycles. The first kappa shape index (κ1) is 64.5. The maximum atomic E-state index is 5.15. The van der Waals surface area contributed by atoms with Crippen molar-refractivity contribution in [3.05, 3.63) is 413 Å². The van der Waals surface area contributed by atoms with Crippen LogP contribution in [0.25, 0.3) is 206 Å². The summed E-state index contributed by atoms with van der Waals surface area (Å²) in [5.41, 5.74) is 31.3. The SMILES string of the molecule is c1ccc(-c2cccc(-c3ccc4c(c3)c3cc(-c5cccc(-c6ccccc6)c5)ccc3n4-c3ccc4c(c3)c3cc(-n5c6ccc(-c7cccc(-c8ccccc8)c7)cc6c6cc(-c7cccc(-c8ccccc8)c7)ccc65)ccc3n4-c3ccc(-c4nc(-c5ccccc5)nc(-c5ccccc5)n4)cc3)c2)cc1. The summed E-state index contributed by atoms with van der Waals surface area (Å²) in [7, 11) is 0. The highest BCUT2D eigenvalue weighted by Crippen LogP contribution is 2.45. The van der Waals surface area contributed by atoms with Gasteiger partial charge in [-0.3, -0.25) is 0 Å². The molecule has 518 valence electrons. The van der Waals surface area contributed by atoms with Crippen LogP contribution >= 0.6 is 0 Å². The minimum Gasteiger partial charge on any atom is -0.309 e. The minimum atomic E-state index is 0.601. The minimum absolute atomic E-state index is 0.601. The Labute approximate surface area is 642 Å². The molecule has 17 aromatic carbocycles. The molecule has 0 unspecified atom stereocenters. The smallest absolute Gasteiger partial charge is 0.164 e. The molecule has 6 heteroatoms. The Morgan fingerprint density at radius 1 is 0.126 bits per heavy atom. The lowest BCUT2D eigenvalue weighted by molar-refractivity contribution is 1.07. The van der Waals surface area contributed by atoms with E-state index >= 15 is 0 Å². The van der Waals surface area contributed by atoms with Crippen molar-refractivity contribution >= 4 is 65.4 Å². The van der Waals surface area contributed by atoms with E-state index in [2.05, 4.69) is 390 Å². The summed E-state index contributed by atoms with van der Waals surface area (Å²) < 4.78 is 7.39. The Bertz CT molecular complexity index is 6460. The quantitative estimate of drug-likeness (QED) is 0.109. The lowest BCUT2D eigenvalue weighted by Crippen LogP contribution is -2.00. The molecule has 21 rings (SSSR count). The van der Waals surface area contributed by atoms with E-state index in [0.717, 1.165) is 122 Å². The number of hydrogen-bond acceptors (Lipinski definition) is 3. The van der Waals surface area contributed by atoms with Crippen molar-refractivity contribution in [2.75, 3.05) is 0 Å². The van der Waals surface area contributed by atoms with Gasteiger partial charge in [0, 0.05) is 66.1 Å². The van der Waals surface area contributed by atoms with Gasteiger partial charge in [0.2, 0.25) is 0 Å². The molecule has 0 saturated carbocycles. The summed E-state index contributed by atoms with van der Waals surface area (Å²) >= 11 is 0. The molecule has 111 heavy (non-hydrogen) atoms. The summed E-state index contributed by atoms with van der Waals surface area (Å²) in [4.78, 5) is 15.3. The summed E-state index contributed by atoms with van der Waals surface area (Å²) in [6.45, 7) is 0. The maximum absolute atomic E-state index is 5.15. The van der Waals surface area contributed by atoms with Gasteiger partial charge in [-0.1, -0.05) is 279 Å². The zero-order valence-electron chi connectivity index (χ0n) is 60.4. The topological polar surface area (TPSA) is 53.5 Å². The Kier molecular flexibility index (Phi) is 15.8. The summed E-state index contributed by atoms with van der Waals surface area (Å²) in [6, 6.07) is 150. The van der Waals surface area contributed by atoms with E-state index in [9.17, 15) is 0 Å². The molecule has 0 bridgehead atoms. The van der Waals surface area contributed by atoms with Crippen LogP contribution in [0.3, 0.4) is 0 Å². The zero-order valence-corrected chi connectivity index (χ0v) is 60.4. The normalized spacial score (nSPS) is 11.6. The lowest BCUT2D eigenvalue weighted by atomic mass is 9.96. The van der Waals surface area contributed by atoms with Crippen LogP contribution in [0.1, 0.15) is 0 Å². The molecule has 4 heterocycles. The van der Waals surface area contributed by atoms with Crippen molar-refractivity contribution < 1.29 is 0 Å². The molecule has 0 aliphatic carbocycles. The van der Waals surface area contributed by atoms with Crippen LogP contribution < -0.4 is 0 Å². The van der Waals surface area contributed by atoms with Gasteiger partial charge in [0.05, 0.1) is 33.1 Å². The second-order valence-electron chi connectivity index (χ2n) is 28.7. The first-order valence-electron chi connectivity index (χ1n) is 37.9. The Balaban J connectivity index is 0.768. The van der Waals surface area contributed by atoms with Crippen molar-refractivity contribution in [1.29, 1.82) is 0 Å². The van der Waals surface area contributed by atoms with Crippen molar-refractivity contribution in [1.82, 2.24) is 28.7 Å². The third-order valence-electron chi connectivity index (χ3n) is 22.1. The van der Waals surface area contributed by atoms with Crippen LogP contribution in [0, 0.1) is 0 Å². The van der Waals surface area contributed by atoms with Crippen LogP contribution in [0.2, 0.25) is 0 Å². The van der Waals surface area contributed by atoms with Gasteiger partial charge in [0.1, 0.15) is 0 Å². The molecule has 21 aromatic rings. The molecule has 0 N–H and O–H groups in total. The fourth-order valence-electron chi connectivity index (χ4n) is 16.6. The zero-order chi connectivity index (χ0) is 73.3. The number of nitrogens with zero attached hydrogens (tertiary/aromatic N) is 6. The van der Waals surface area contributed by atoms with Gasteiger partial charge >= 0.3 is 0 Å². The number of benzene rings is 17. The van der Waals surface area contributed by atoms with Crippen molar-refractivity contribution in [2.24, 2.45) is 0 Å². The van der Waals surface area contributed by atoms with Gasteiger partial charge in [-0.25, -0.2) is 15.0 Å². The van der Waals surface area contributed by atoms with Crippen LogP contribution in [-0.4, -0.2) is 28.7 Å². The average Bonchev–Trinajstić information content (AvgIpc) is 1.57. The Hall–Kier alpha value is -14.9. The van der Waals surface area contributed by atoms with E-state index in [1.165, 1.54) is 66.1 Å².